The van der Waals surface area contributed by atoms with Gasteiger partial charge in [-0.3, -0.25) is 0 Å². The van der Waals surface area contributed by atoms with Gasteiger partial charge in [-0.05, 0) is 66.0 Å². The van der Waals surface area contributed by atoms with Crippen LogP contribution in [0, 0.1) is 0 Å². The molecule has 0 aliphatic carbocycles. The second-order valence-electron chi connectivity index (χ2n) is 7.08. The Hall–Kier alpha value is -3.09. The van der Waals surface area contributed by atoms with Crippen LogP contribution in [0.15, 0.2) is 91.0 Å². The van der Waals surface area contributed by atoms with Gasteiger partial charge in [0, 0.05) is 5.02 Å². The Balaban J connectivity index is 2.12. The van der Waals surface area contributed by atoms with Gasteiger partial charge in [0.05, 0.1) is 0 Å². The van der Waals surface area contributed by atoms with Crippen LogP contribution in [0.25, 0.3) is 53.9 Å². The molecule has 0 atom stereocenters. The van der Waals surface area contributed by atoms with Crippen molar-refractivity contribution in [3.8, 4) is 0 Å². The van der Waals surface area contributed by atoms with Crippen molar-refractivity contribution in [2.24, 2.45) is 0 Å². The van der Waals surface area contributed by atoms with E-state index >= 15 is 0 Å². The fourth-order valence-corrected chi connectivity index (χ4v) is 4.77. The van der Waals surface area contributed by atoms with Gasteiger partial charge in [0.15, 0.2) is 0 Å². The molecule has 0 aliphatic heterocycles. The monoisotopic (exact) mass is 362 g/mol. The molecule has 0 saturated carbocycles. The number of hydrogen-bond acceptors (Lipinski definition) is 0. The summed E-state index contributed by atoms with van der Waals surface area (Å²) in [5.74, 6) is 0. The molecule has 126 valence electrons. The molecule has 27 heavy (non-hydrogen) atoms. The van der Waals surface area contributed by atoms with Crippen molar-refractivity contribution in [2.45, 2.75) is 0 Å². The van der Waals surface area contributed by atoms with Crippen LogP contribution >= 0.6 is 11.6 Å². The predicted molar refractivity (Wildman–Crippen MR) is 119 cm³/mol. The second-order valence-corrected chi connectivity index (χ2v) is 7.51. The van der Waals surface area contributed by atoms with Gasteiger partial charge < -0.3 is 0 Å². The van der Waals surface area contributed by atoms with Crippen molar-refractivity contribution in [1.82, 2.24) is 0 Å². The Morgan fingerprint density at radius 2 is 0.741 bits per heavy atom. The zero-order chi connectivity index (χ0) is 18.0. The first-order valence-electron chi connectivity index (χ1n) is 9.16. The van der Waals surface area contributed by atoms with E-state index in [0.717, 1.165) is 5.02 Å². The smallest absolute Gasteiger partial charge is 0.0412 e. The average Bonchev–Trinajstić information content (AvgIpc) is 2.73. The Morgan fingerprint density at radius 1 is 0.370 bits per heavy atom. The highest BCUT2D eigenvalue weighted by atomic mass is 35.5. The van der Waals surface area contributed by atoms with Gasteiger partial charge in [-0.15, -0.1) is 0 Å². The highest BCUT2D eigenvalue weighted by Gasteiger charge is 2.15. The lowest BCUT2D eigenvalue weighted by molar-refractivity contribution is 1.78. The molecule has 6 rings (SSSR count). The Labute approximate surface area is 161 Å². The summed E-state index contributed by atoms with van der Waals surface area (Å²) in [5.41, 5.74) is 0. The topological polar surface area (TPSA) is 0 Å². The molecule has 0 nitrogen and oxygen atoms in total. The van der Waals surface area contributed by atoms with Gasteiger partial charge in [-0.2, -0.15) is 0 Å². The molecule has 0 aromatic heterocycles. The summed E-state index contributed by atoms with van der Waals surface area (Å²) in [7, 11) is 0. The predicted octanol–water partition coefficient (Wildman–Crippen LogP) is 8.11. The summed E-state index contributed by atoms with van der Waals surface area (Å²) in [6.07, 6.45) is 0. The van der Waals surface area contributed by atoms with Crippen LogP contribution in [0.3, 0.4) is 0 Å². The SMILES string of the molecule is Clc1ccc2c(c1)c1ccccc1c1c3ccccc3c3ccccc3c21. The van der Waals surface area contributed by atoms with Crippen LogP contribution in [0.4, 0.5) is 0 Å². The molecule has 1 heteroatoms. The molecule has 0 fully saturated rings. The van der Waals surface area contributed by atoms with Crippen molar-refractivity contribution in [2.75, 3.05) is 0 Å². The van der Waals surface area contributed by atoms with E-state index in [1.807, 2.05) is 6.07 Å². The standard InChI is InChI=1S/C26H15Cl/c27-16-13-14-23-24(15-16)19-9-3-6-12-22(19)25-20-10-4-1-7-17(20)18-8-2-5-11-21(18)26(23)25/h1-15H. The van der Waals surface area contributed by atoms with E-state index in [1.165, 1.54) is 53.9 Å². The molecule has 0 radical (unpaired) electrons. The number of rotatable bonds is 0. The first-order valence-corrected chi connectivity index (χ1v) is 9.54. The van der Waals surface area contributed by atoms with Crippen molar-refractivity contribution in [3.63, 3.8) is 0 Å². The Kier molecular flexibility index (Phi) is 3.03. The van der Waals surface area contributed by atoms with E-state index in [1.54, 1.807) is 0 Å². The van der Waals surface area contributed by atoms with Crippen LogP contribution in [0.2, 0.25) is 5.02 Å². The first-order chi connectivity index (χ1) is 13.3. The van der Waals surface area contributed by atoms with Gasteiger partial charge in [0.25, 0.3) is 0 Å². The molecule has 6 aromatic rings. The zero-order valence-electron chi connectivity index (χ0n) is 14.5. The van der Waals surface area contributed by atoms with E-state index in [0.29, 0.717) is 0 Å². The maximum Gasteiger partial charge on any atom is 0.0412 e. The molecule has 0 unspecified atom stereocenters. The van der Waals surface area contributed by atoms with Gasteiger partial charge >= 0.3 is 0 Å². The largest absolute Gasteiger partial charge is 0.0843 e. The lowest BCUT2D eigenvalue weighted by Gasteiger charge is -2.16. The molecule has 0 amide bonds. The van der Waals surface area contributed by atoms with Gasteiger partial charge in [0.2, 0.25) is 0 Å². The maximum absolute atomic E-state index is 6.38. The summed E-state index contributed by atoms with van der Waals surface area (Å²) in [6.45, 7) is 0. The van der Waals surface area contributed by atoms with Crippen molar-refractivity contribution in [1.29, 1.82) is 0 Å². The van der Waals surface area contributed by atoms with Gasteiger partial charge in [-0.1, -0.05) is 90.5 Å². The molecule has 6 aromatic carbocycles. The third kappa shape index (κ3) is 1.99. The van der Waals surface area contributed by atoms with E-state index in [4.69, 9.17) is 11.6 Å². The molecule has 0 saturated heterocycles. The quantitative estimate of drug-likeness (QED) is 0.239. The van der Waals surface area contributed by atoms with Crippen LogP contribution in [0.5, 0.6) is 0 Å². The summed E-state index contributed by atoms with van der Waals surface area (Å²) in [6, 6.07) is 32.4. The molecular formula is C26H15Cl. The number of hydrogen-bond donors (Lipinski definition) is 0. The van der Waals surface area contributed by atoms with Crippen LogP contribution in [0.1, 0.15) is 0 Å². The highest BCUT2D eigenvalue weighted by molar-refractivity contribution is 6.40. The fourth-order valence-electron chi connectivity index (χ4n) is 4.59. The fraction of sp³-hybridized carbons (Fsp3) is 0. The summed E-state index contributed by atoms with van der Waals surface area (Å²) in [5, 5.41) is 13.6. The number of benzene rings is 6. The zero-order valence-corrected chi connectivity index (χ0v) is 15.3. The number of halogens is 1. The van der Waals surface area contributed by atoms with Gasteiger partial charge in [0.1, 0.15) is 0 Å². The normalized spacial score (nSPS) is 11.9. The molecular weight excluding hydrogens is 348 g/mol. The minimum absolute atomic E-state index is 0.775. The summed E-state index contributed by atoms with van der Waals surface area (Å²) in [4.78, 5) is 0. The van der Waals surface area contributed by atoms with Crippen LogP contribution in [-0.4, -0.2) is 0 Å². The summed E-state index contributed by atoms with van der Waals surface area (Å²) < 4.78 is 0. The maximum atomic E-state index is 6.38. The minimum atomic E-state index is 0.775. The highest BCUT2D eigenvalue weighted by Crippen LogP contribution is 2.43. The third-order valence-corrected chi connectivity index (χ3v) is 5.91. The number of fused-ring (bicyclic) bond motifs is 11. The molecule has 0 bridgehead atoms. The van der Waals surface area contributed by atoms with E-state index in [9.17, 15) is 0 Å². The van der Waals surface area contributed by atoms with E-state index in [2.05, 4.69) is 84.9 Å². The average molecular weight is 363 g/mol. The van der Waals surface area contributed by atoms with Gasteiger partial charge in [-0.25, -0.2) is 0 Å². The minimum Gasteiger partial charge on any atom is -0.0843 e. The van der Waals surface area contributed by atoms with Crippen molar-refractivity contribution >= 4 is 65.5 Å². The molecule has 0 spiro atoms. The van der Waals surface area contributed by atoms with E-state index in [-0.39, 0.29) is 0 Å². The van der Waals surface area contributed by atoms with Crippen LogP contribution in [-0.2, 0) is 0 Å². The Morgan fingerprint density at radius 3 is 1.22 bits per heavy atom. The first kappa shape index (κ1) is 15.0. The summed E-state index contributed by atoms with van der Waals surface area (Å²) >= 11 is 6.38. The Bertz CT molecular complexity index is 1530. The molecule has 0 aliphatic rings. The van der Waals surface area contributed by atoms with Crippen LogP contribution < -0.4 is 0 Å². The van der Waals surface area contributed by atoms with Crippen molar-refractivity contribution < 1.29 is 0 Å². The lowest BCUT2D eigenvalue weighted by Crippen LogP contribution is -1.88. The second kappa shape index (κ2) is 5.45. The molecule has 0 N–H and O–H groups in total. The van der Waals surface area contributed by atoms with Crippen molar-refractivity contribution in [3.05, 3.63) is 96.0 Å². The third-order valence-electron chi connectivity index (χ3n) is 5.67. The molecule has 0 heterocycles. The lowest BCUT2D eigenvalue weighted by atomic mass is 9.87. The van der Waals surface area contributed by atoms with E-state index < -0.39 is 0 Å².